The largest absolute Gasteiger partial charge is 0.480 e. The molecule has 0 aliphatic heterocycles. The van der Waals surface area contributed by atoms with Gasteiger partial charge in [0, 0.05) is 0 Å². The highest BCUT2D eigenvalue weighted by molar-refractivity contribution is 7.92. The zero-order valence-electron chi connectivity index (χ0n) is 12.0. The summed E-state index contributed by atoms with van der Waals surface area (Å²) >= 11 is 0. The summed E-state index contributed by atoms with van der Waals surface area (Å²) in [7, 11) is -3.90. The molecule has 1 unspecified atom stereocenters. The van der Waals surface area contributed by atoms with Crippen molar-refractivity contribution in [3.63, 3.8) is 0 Å². The highest BCUT2D eigenvalue weighted by atomic mass is 32.2. The van der Waals surface area contributed by atoms with E-state index in [1.54, 1.807) is 12.1 Å². The number of rotatable bonds is 5. The van der Waals surface area contributed by atoms with Crippen LogP contribution in [0.25, 0.3) is 0 Å². The fourth-order valence-corrected chi connectivity index (χ4v) is 3.43. The van der Waals surface area contributed by atoms with Gasteiger partial charge in [0.05, 0.1) is 4.90 Å². The van der Waals surface area contributed by atoms with E-state index < -0.39 is 21.1 Å². The van der Waals surface area contributed by atoms with E-state index in [9.17, 15) is 13.2 Å². The highest BCUT2D eigenvalue weighted by Gasteiger charge is 2.33. The maximum absolute atomic E-state index is 12.3. The summed E-state index contributed by atoms with van der Waals surface area (Å²) in [5.74, 6) is -1.37. The third-order valence-corrected chi connectivity index (χ3v) is 5.24. The minimum atomic E-state index is -3.90. The van der Waals surface area contributed by atoms with Crippen molar-refractivity contribution in [2.45, 2.75) is 42.8 Å². The molecular weight excluding hydrogens is 278 g/mol. The van der Waals surface area contributed by atoms with Crippen molar-refractivity contribution < 1.29 is 18.3 Å². The van der Waals surface area contributed by atoms with E-state index in [0.717, 1.165) is 5.56 Å². The quantitative estimate of drug-likeness (QED) is 0.860. The Morgan fingerprint density at radius 3 is 2.10 bits per heavy atom. The normalized spacial score (nSPS) is 14.0. The molecular formula is C14H21NO4S. The molecule has 0 aliphatic rings. The molecule has 112 valence electrons. The molecule has 0 heterocycles. The van der Waals surface area contributed by atoms with Gasteiger partial charge in [0.25, 0.3) is 0 Å². The molecule has 1 rings (SSSR count). The van der Waals surface area contributed by atoms with E-state index in [1.165, 1.54) is 12.1 Å². The predicted octanol–water partition coefficient (Wildman–Crippen LogP) is 1.56. The third kappa shape index (κ3) is 3.58. The van der Waals surface area contributed by atoms with Gasteiger partial charge in [-0.3, -0.25) is 4.79 Å². The Bertz CT molecular complexity index is 570. The molecule has 5 nitrogen and oxygen atoms in total. The number of carboxylic acids is 1. The molecule has 1 aromatic rings. The van der Waals surface area contributed by atoms with Crippen molar-refractivity contribution in [1.82, 2.24) is 0 Å². The molecule has 1 aromatic carbocycles. The van der Waals surface area contributed by atoms with E-state index in [2.05, 4.69) is 0 Å². The number of hydrogen-bond donors (Lipinski definition) is 2. The molecule has 6 heteroatoms. The van der Waals surface area contributed by atoms with Crippen LogP contribution in [0.15, 0.2) is 29.2 Å². The van der Waals surface area contributed by atoms with Crippen molar-refractivity contribution in [3.8, 4) is 0 Å². The second-order valence-electron chi connectivity index (χ2n) is 5.72. The van der Waals surface area contributed by atoms with Crippen molar-refractivity contribution in [2.24, 2.45) is 5.73 Å². The monoisotopic (exact) mass is 299 g/mol. The second kappa shape index (κ2) is 5.93. The number of hydrogen-bond acceptors (Lipinski definition) is 4. The van der Waals surface area contributed by atoms with Gasteiger partial charge in [-0.1, -0.05) is 32.9 Å². The van der Waals surface area contributed by atoms with Gasteiger partial charge in [0.2, 0.25) is 0 Å². The van der Waals surface area contributed by atoms with Crippen LogP contribution in [0.5, 0.6) is 0 Å². The molecule has 20 heavy (non-hydrogen) atoms. The molecule has 0 saturated heterocycles. The van der Waals surface area contributed by atoms with Gasteiger partial charge in [-0.2, -0.15) is 0 Å². The van der Waals surface area contributed by atoms with Gasteiger partial charge >= 0.3 is 5.97 Å². The zero-order chi connectivity index (χ0) is 15.6. The maximum Gasteiger partial charge on any atom is 0.322 e. The lowest BCUT2D eigenvalue weighted by Crippen LogP contribution is -2.32. The molecule has 0 bridgehead atoms. The first-order valence-corrected chi connectivity index (χ1v) is 7.92. The van der Waals surface area contributed by atoms with E-state index in [0.29, 0.717) is 0 Å². The lowest BCUT2D eigenvalue weighted by atomic mass is 9.87. The Hall–Kier alpha value is -1.40. The molecule has 0 aliphatic carbocycles. The summed E-state index contributed by atoms with van der Waals surface area (Å²) in [5.41, 5.74) is 6.19. The SMILES string of the molecule is CC(C)(C)c1ccc(S(=O)(=O)C(CCN)C(=O)O)cc1. The van der Waals surface area contributed by atoms with Crippen LogP contribution in [0.2, 0.25) is 0 Å². The van der Waals surface area contributed by atoms with Crippen molar-refractivity contribution >= 4 is 15.8 Å². The van der Waals surface area contributed by atoms with Crippen LogP contribution < -0.4 is 5.73 Å². The summed E-state index contributed by atoms with van der Waals surface area (Å²) in [4.78, 5) is 11.1. The van der Waals surface area contributed by atoms with Crippen LogP contribution in [0.1, 0.15) is 32.8 Å². The molecule has 0 amide bonds. The molecule has 3 N–H and O–H groups in total. The standard InChI is InChI=1S/C14H21NO4S/c1-14(2,3)10-4-6-11(7-5-10)20(18,19)12(8-9-15)13(16)17/h4-7,12H,8-9,15H2,1-3H3,(H,16,17). The predicted molar refractivity (Wildman–Crippen MR) is 77.4 cm³/mol. The van der Waals surface area contributed by atoms with Gasteiger partial charge < -0.3 is 10.8 Å². The van der Waals surface area contributed by atoms with Gasteiger partial charge in [-0.25, -0.2) is 8.42 Å². The van der Waals surface area contributed by atoms with E-state index in [-0.39, 0.29) is 23.3 Å². The summed E-state index contributed by atoms with van der Waals surface area (Å²) in [6.45, 7) is 6.07. The number of carbonyl (C=O) groups is 1. The van der Waals surface area contributed by atoms with Crippen molar-refractivity contribution in [3.05, 3.63) is 29.8 Å². The fraction of sp³-hybridized carbons (Fsp3) is 0.500. The Morgan fingerprint density at radius 2 is 1.75 bits per heavy atom. The first-order valence-electron chi connectivity index (χ1n) is 6.38. The Balaban J connectivity index is 3.19. The van der Waals surface area contributed by atoms with Crippen LogP contribution >= 0.6 is 0 Å². The van der Waals surface area contributed by atoms with Crippen LogP contribution in [0.4, 0.5) is 0 Å². The third-order valence-electron chi connectivity index (χ3n) is 3.13. The average Bonchev–Trinajstić information content (AvgIpc) is 2.34. The maximum atomic E-state index is 12.3. The van der Waals surface area contributed by atoms with Gasteiger partial charge in [-0.15, -0.1) is 0 Å². The highest BCUT2D eigenvalue weighted by Crippen LogP contribution is 2.25. The number of nitrogens with two attached hydrogens (primary N) is 1. The number of aliphatic carboxylic acids is 1. The molecule has 0 saturated carbocycles. The smallest absolute Gasteiger partial charge is 0.322 e. The number of carboxylic acid groups (broad SMARTS) is 1. The van der Waals surface area contributed by atoms with E-state index in [1.807, 2.05) is 20.8 Å². The van der Waals surface area contributed by atoms with E-state index >= 15 is 0 Å². The zero-order valence-corrected chi connectivity index (χ0v) is 12.8. The van der Waals surface area contributed by atoms with Crippen LogP contribution in [-0.4, -0.2) is 31.3 Å². The first kappa shape index (κ1) is 16.7. The van der Waals surface area contributed by atoms with Gasteiger partial charge in [-0.05, 0) is 36.1 Å². The topological polar surface area (TPSA) is 97.5 Å². The minimum absolute atomic E-state index is 0.0102. The molecule has 0 radical (unpaired) electrons. The van der Waals surface area contributed by atoms with Crippen molar-refractivity contribution in [1.29, 1.82) is 0 Å². The van der Waals surface area contributed by atoms with Crippen LogP contribution in [0, 0.1) is 0 Å². The lowest BCUT2D eigenvalue weighted by molar-refractivity contribution is -0.136. The number of sulfone groups is 1. The van der Waals surface area contributed by atoms with Gasteiger partial charge in [0.1, 0.15) is 0 Å². The molecule has 0 fully saturated rings. The Labute approximate surface area is 119 Å². The van der Waals surface area contributed by atoms with E-state index in [4.69, 9.17) is 10.8 Å². The summed E-state index contributed by atoms with van der Waals surface area (Å²) in [5, 5.41) is 7.56. The van der Waals surface area contributed by atoms with Crippen molar-refractivity contribution in [2.75, 3.05) is 6.54 Å². The molecule has 1 atom stereocenters. The molecule has 0 aromatic heterocycles. The minimum Gasteiger partial charge on any atom is -0.480 e. The number of benzene rings is 1. The summed E-state index contributed by atoms with van der Waals surface area (Å²) in [6.07, 6.45) is -0.0985. The van der Waals surface area contributed by atoms with Crippen LogP contribution in [0.3, 0.4) is 0 Å². The summed E-state index contributed by atoms with van der Waals surface area (Å²) in [6, 6.07) is 6.35. The average molecular weight is 299 g/mol. The summed E-state index contributed by atoms with van der Waals surface area (Å²) < 4.78 is 24.6. The Kier molecular flexibility index (Phi) is 4.94. The van der Waals surface area contributed by atoms with Crippen LogP contribution in [-0.2, 0) is 20.0 Å². The lowest BCUT2D eigenvalue weighted by Gasteiger charge is -2.19. The Morgan fingerprint density at radius 1 is 1.25 bits per heavy atom. The second-order valence-corrected chi connectivity index (χ2v) is 7.85. The fourth-order valence-electron chi connectivity index (χ4n) is 1.87. The first-order chi connectivity index (χ1) is 9.10. The van der Waals surface area contributed by atoms with Gasteiger partial charge in [0.15, 0.2) is 15.1 Å². The molecule has 0 spiro atoms.